The Kier molecular flexibility index (Phi) is 4.65. The first kappa shape index (κ1) is 18.5. The van der Waals surface area contributed by atoms with Gasteiger partial charge in [0, 0.05) is 18.5 Å². The largest absolute Gasteiger partial charge is 0.487 e. The molecular formula is C24H33NO3. The lowest BCUT2D eigenvalue weighted by molar-refractivity contribution is -0.145. The molecule has 1 saturated carbocycles. The maximum Gasteiger partial charge on any atom is 0.309 e. The Morgan fingerprint density at radius 2 is 2.00 bits per heavy atom. The molecule has 3 heterocycles. The number of esters is 1. The van der Waals surface area contributed by atoms with E-state index in [-0.39, 0.29) is 23.4 Å². The summed E-state index contributed by atoms with van der Waals surface area (Å²) in [4.78, 5) is 12.2. The summed E-state index contributed by atoms with van der Waals surface area (Å²) in [6, 6.07) is 8.06. The zero-order valence-electron chi connectivity index (χ0n) is 17.2. The predicted molar refractivity (Wildman–Crippen MR) is 109 cm³/mol. The Morgan fingerprint density at radius 1 is 1.18 bits per heavy atom. The van der Waals surface area contributed by atoms with E-state index >= 15 is 0 Å². The molecule has 5 atom stereocenters. The van der Waals surface area contributed by atoms with Crippen LogP contribution in [0.5, 0.6) is 5.75 Å². The second kappa shape index (κ2) is 7.05. The van der Waals surface area contributed by atoms with Crippen molar-refractivity contribution < 1.29 is 14.3 Å². The summed E-state index contributed by atoms with van der Waals surface area (Å²) in [5.41, 5.74) is 2.59. The van der Waals surface area contributed by atoms with Crippen molar-refractivity contribution in [2.24, 2.45) is 11.8 Å². The lowest BCUT2D eigenvalue weighted by Gasteiger charge is -2.40. The molecule has 1 N–H and O–H groups in total. The first-order valence-electron chi connectivity index (χ1n) is 11.2. The molecule has 5 rings (SSSR count). The van der Waals surface area contributed by atoms with E-state index in [1.807, 2.05) is 6.92 Å². The number of hydrogen-bond acceptors (Lipinski definition) is 4. The van der Waals surface area contributed by atoms with E-state index in [1.54, 1.807) is 0 Å². The third-order valence-corrected chi connectivity index (χ3v) is 7.80. The highest BCUT2D eigenvalue weighted by molar-refractivity contribution is 5.73. The highest BCUT2D eigenvalue weighted by Gasteiger charge is 2.44. The van der Waals surface area contributed by atoms with E-state index in [0.717, 1.165) is 31.4 Å². The van der Waals surface area contributed by atoms with Crippen LogP contribution in [-0.2, 0) is 16.0 Å². The second-order valence-corrected chi connectivity index (χ2v) is 9.71. The maximum absolute atomic E-state index is 12.2. The van der Waals surface area contributed by atoms with Crippen LogP contribution in [0.15, 0.2) is 18.2 Å². The van der Waals surface area contributed by atoms with Gasteiger partial charge in [0.25, 0.3) is 0 Å². The maximum atomic E-state index is 12.2. The van der Waals surface area contributed by atoms with Crippen molar-refractivity contribution in [3.8, 4) is 5.75 Å². The summed E-state index contributed by atoms with van der Waals surface area (Å²) in [5, 5.41) is 3.80. The average Bonchev–Trinajstić information content (AvgIpc) is 3.46. The van der Waals surface area contributed by atoms with E-state index in [1.165, 1.54) is 50.3 Å². The fourth-order valence-electron chi connectivity index (χ4n) is 6.08. The van der Waals surface area contributed by atoms with Crippen molar-refractivity contribution in [1.29, 1.82) is 0 Å². The molecule has 0 amide bonds. The van der Waals surface area contributed by atoms with Crippen LogP contribution in [0.3, 0.4) is 0 Å². The minimum Gasteiger partial charge on any atom is -0.487 e. The minimum atomic E-state index is -0.106. The smallest absolute Gasteiger partial charge is 0.309 e. The van der Waals surface area contributed by atoms with Crippen LogP contribution in [0, 0.1) is 11.8 Å². The number of hydrogen-bond donors (Lipinski definition) is 1. The van der Waals surface area contributed by atoms with Gasteiger partial charge in [-0.05, 0) is 80.4 Å². The van der Waals surface area contributed by atoms with Gasteiger partial charge in [-0.25, -0.2) is 0 Å². The normalized spacial score (nSPS) is 33.5. The molecule has 3 aliphatic heterocycles. The van der Waals surface area contributed by atoms with Gasteiger partial charge in [-0.15, -0.1) is 0 Å². The molecule has 4 nitrogen and oxygen atoms in total. The number of benzene rings is 1. The third-order valence-electron chi connectivity index (χ3n) is 7.80. The molecule has 152 valence electrons. The number of ether oxygens (including phenoxy) is 2. The van der Waals surface area contributed by atoms with Gasteiger partial charge in [0.15, 0.2) is 0 Å². The predicted octanol–water partition coefficient (Wildman–Crippen LogP) is 4.36. The Morgan fingerprint density at radius 3 is 2.79 bits per heavy atom. The summed E-state index contributed by atoms with van der Waals surface area (Å²) >= 11 is 0. The van der Waals surface area contributed by atoms with Gasteiger partial charge in [0.05, 0.1) is 13.0 Å². The number of carbonyl (C=O) groups excluding carboxylic acids is 1. The Balaban J connectivity index is 1.41. The van der Waals surface area contributed by atoms with Gasteiger partial charge in [-0.2, -0.15) is 0 Å². The van der Waals surface area contributed by atoms with Crippen LogP contribution >= 0.6 is 0 Å². The van der Waals surface area contributed by atoms with E-state index in [2.05, 4.69) is 23.5 Å². The van der Waals surface area contributed by atoms with Crippen LogP contribution in [0.4, 0.5) is 0 Å². The van der Waals surface area contributed by atoms with Gasteiger partial charge in [-0.3, -0.25) is 4.79 Å². The molecule has 3 unspecified atom stereocenters. The van der Waals surface area contributed by atoms with Crippen molar-refractivity contribution in [3.63, 3.8) is 0 Å². The van der Waals surface area contributed by atoms with Crippen LogP contribution in [0.2, 0.25) is 0 Å². The fourth-order valence-corrected chi connectivity index (χ4v) is 6.08. The molecule has 4 heteroatoms. The third kappa shape index (κ3) is 3.34. The summed E-state index contributed by atoms with van der Waals surface area (Å²) in [6.45, 7) is 2.02. The number of fused-ring (bicyclic) bond motifs is 3. The number of carbonyl (C=O) groups is 1. The first-order chi connectivity index (χ1) is 13.6. The Labute approximate surface area is 168 Å². The summed E-state index contributed by atoms with van der Waals surface area (Å²) < 4.78 is 11.9. The molecule has 1 aromatic carbocycles. The van der Waals surface area contributed by atoms with Gasteiger partial charge in [-0.1, -0.05) is 19.1 Å². The van der Waals surface area contributed by atoms with E-state index in [9.17, 15) is 4.79 Å². The lowest BCUT2D eigenvalue weighted by Crippen LogP contribution is -2.43. The summed E-state index contributed by atoms with van der Waals surface area (Å²) in [7, 11) is 1.50. The molecule has 0 radical (unpaired) electrons. The van der Waals surface area contributed by atoms with Crippen LogP contribution in [0.25, 0.3) is 0 Å². The van der Waals surface area contributed by atoms with Crippen molar-refractivity contribution in [2.45, 2.75) is 88.3 Å². The molecule has 4 aliphatic rings. The van der Waals surface area contributed by atoms with Crippen molar-refractivity contribution >= 4 is 5.97 Å². The highest BCUT2D eigenvalue weighted by Crippen LogP contribution is 2.49. The molecule has 2 saturated heterocycles. The Bertz CT molecular complexity index is 758. The molecule has 2 bridgehead atoms. The number of methoxy groups -OCH3 is 1. The zero-order valence-corrected chi connectivity index (χ0v) is 17.2. The molecule has 0 aromatic heterocycles. The SMILES string of the molecule is COC(=O)[C@@H](C)[C@H](c1ccc2c(c1)OC1(CC2)CCC2CCC(C1)N2)C1CC1. The number of nitrogens with one attached hydrogen (secondary N) is 1. The van der Waals surface area contributed by atoms with Crippen LogP contribution in [-0.4, -0.2) is 30.8 Å². The molecule has 3 fully saturated rings. The minimum absolute atomic E-state index is 0.00149. The van der Waals surface area contributed by atoms with E-state index in [0.29, 0.717) is 18.0 Å². The molecule has 1 spiro atoms. The van der Waals surface area contributed by atoms with Crippen molar-refractivity contribution in [1.82, 2.24) is 5.32 Å². The van der Waals surface area contributed by atoms with Crippen LogP contribution in [0.1, 0.15) is 75.3 Å². The highest BCUT2D eigenvalue weighted by atomic mass is 16.5. The number of rotatable bonds is 4. The van der Waals surface area contributed by atoms with E-state index < -0.39 is 0 Å². The molecular weight excluding hydrogens is 350 g/mol. The van der Waals surface area contributed by atoms with Crippen LogP contribution < -0.4 is 10.1 Å². The monoisotopic (exact) mass is 383 g/mol. The van der Waals surface area contributed by atoms with Crippen molar-refractivity contribution in [3.05, 3.63) is 29.3 Å². The van der Waals surface area contributed by atoms with E-state index in [4.69, 9.17) is 9.47 Å². The summed E-state index contributed by atoms with van der Waals surface area (Å²) in [6.07, 6.45) is 10.8. The first-order valence-corrected chi connectivity index (χ1v) is 11.2. The van der Waals surface area contributed by atoms with Gasteiger partial charge in [0.1, 0.15) is 11.4 Å². The second-order valence-electron chi connectivity index (χ2n) is 9.71. The zero-order chi connectivity index (χ0) is 19.3. The van der Waals surface area contributed by atoms with Gasteiger partial charge < -0.3 is 14.8 Å². The van der Waals surface area contributed by atoms with Crippen molar-refractivity contribution in [2.75, 3.05) is 7.11 Å². The molecule has 28 heavy (non-hydrogen) atoms. The average molecular weight is 384 g/mol. The number of aryl methyl sites for hydroxylation is 1. The topological polar surface area (TPSA) is 47.6 Å². The standard InChI is InChI=1S/C24H33NO3/c1-15(23(26)27-2)22(17-4-5-17)18-6-3-16-9-11-24(28-21(16)13-18)12-10-19-7-8-20(14-24)25-19/h3,6,13,15,17,19-20,22,25H,4-5,7-12,14H2,1-2H3/t15-,19?,20?,22-,24?/m0/s1. The Hall–Kier alpha value is -1.55. The lowest BCUT2D eigenvalue weighted by atomic mass is 9.79. The summed E-state index contributed by atoms with van der Waals surface area (Å²) in [5.74, 6) is 1.71. The fraction of sp³-hybridized carbons (Fsp3) is 0.708. The molecule has 1 aliphatic carbocycles. The van der Waals surface area contributed by atoms with Gasteiger partial charge in [0.2, 0.25) is 0 Å². The molecule has 1 aromatic rings. The quantitative estimate of drug-likeness (QED) is 0.785. The van der Waals surface area contributed by atoms with Gasteiger partial charge >= 0.3 is 5.97 Å².